The fraction of sp³-hybridized carbons (Fsp3) is 0.111. The van der Waals surface area contributed by atoms with Crippen molar-refractivity contribution in [3.05, 3.63) is 69.1 Å². The molecule has 1 aromatic carbocycles. The first-order valence-corrected chi connectivity index (χ1v) is 9.21. The van der Waals surface area contributed by atoms with Crippen LogP contribution in [0.4, 0.5) is 11.4 Å². The third kappa shape index (κ3) is 4.21. The van der Waals surface area contributed by atoms with Gasteiger partial charge in [-0.2, -0.15) is 5.10 Å². The van der Waals surface area contributed by atoms with Crippen LogP contribution in [0.2, 0.25) is 5.02 Å². The second-order valence-electron chi connectivity index (χ2n) is 6.37. The number of hydrogen-bond donors (Lipinski definition) is 2. The van der Waals surface area contributed by atoms with E-state index in [0.29, 0.717) is 10.7 Å². The number of aromatic nitrogens is 2. The molecule has 2 aromatic rings. The molecule has 30 heavy (non-hydrogen) atoms. The molecule has 12 heteroatoms. The van der Waals surface area contributed by atoms with Crippen LogP contribution < -0.4 is 10.2 Å². The summed E-state index contributed by atoms with van der Waals surface area (Å²) in [7, 11) is 3.39. The van der Waals surface area contributed by atoms with E-state index in [1.54, 1.807) is 43.3 Å². The summed E-state index contributed by atoms with van der Waals surface area (Å²) in [4.78, 5) is 39.1. The molecule has 2 N–H and O–H groups in total. The zero-order valence-electron chi connectivity index (χ0n) is 15.7. The highest BCUT2D eigenvalue weighted by molar-refractivity contribution is 7.80. The van der Waals surface area contributed by atoms with E-state index >= 15 is 0 Å². The Morgan fingerprint density at radius 1 is 1.30 bits per heavy atom. The molecule has 154 valence electrons. The molecule has 1 fully saturated rings. The number of amides is 2. The Hall–Kier alpha value is -3.57. The predicted molar refractivity (Wildman–Crippen MR) is 115 cm³/mol. The highest BCUT2D eigenvalue weighted by atomic mass is 35.5. The number of H-pyrrole nitrogens is 1. The van der Waals surface area contributed by atoms with Crippen LogP contribution in [-0.2, 0) is 9.59 Å². The first-order valence-electron chi connectivity index (χ1n) is 8.42. The predicted octanol–water partition coefficient (Wildman–Crippen LogP) is 2.25. The lowest BCUT2D eigenvalue weighted by molar-refractivity contribution is -0.385. The number of carbonyl (C=O) groups is 2. The Kier molecular flexibility index (Phi) is 5.94. The first-order chi connectivity index (χ1) is 14.2. The molecule has 1 saturated heterocycles. The fourth-order valence-electron chi connectivity index (χ4n) is 2.72. The number of rotatable bonds is 5. The molecule has 0 saturated carbocycles. The summed E-state index contributed by atoms with van der Waals surface area (Å²) in [6, 6.07) is 6.33. The highest BCUT2D eigenvalue weighted by Gasteiger charge is 2.35. The second-order valence-corrected chi connectivity index (χ2v) is 7.19. The topological polar surface area (TPSA) is 124 Å². The molecule has 3 rings (SSSR count). The van der Waals surface area contributed by atoms with Gasteiger partial charge in [-0.3, -0.25) is 35.0 Å². The molecule has 0 atom stereocenters. The highest BCUT2D eigenvalue weighted by Crippen LogP contribution is 2.28. The monoisotopic (exact) mass is 446 g/mol. The molecule has 2 heterocycles. The Morgan fingerprint density at radius 3 is 2.57 bits per heavy atom. The van der Waals surface area contributed by atoms with E-state index in [1.165, 1.54) is 12.3 Å². The average molecular weight is 447 g/mol. The van der Waals surface area contributed by atoms with Crippen molar-refractivity contribution in [2.45, 2.75) is 0 Å². The smallest absolute Gasteiger partial charge is 0.314 e. The van der Waals surface area contributed by atoms with Crippen molar-refractivity contribution in [2.75, 3.05) is 19.0 Å². The van der Waals surface area contributed by atoms with E-state index in [0.717, 1.165) is 11.1 Å². The number of thiocarbonyl (C=S) groups is 1. The molecular formula is C18H15ClN6O4S. The minimum absolute atomic E-state index is 0.0491. The van der Waals surface area contributed by atoms with Gasteiger partial charge in [-0.25, -0.2) is 0 Å². The molecule has 2 amide bonds. The minimum Gasteiger partial charge on any atom is -0.383 e. The lowest BCUT2D eigenvalue weighted by Gasteiger charge is -2.29. The molecule has 0 unspecified atom stereocenters. The van der Waals surface area contributed by atoms with Crippen LogP contribution >= 0.6 is 23.8 Å². The number of hydrogen-bond acceptors (Lipinski definition) is 7. The summed E-state index contributed by atoms with van der Waals surface area (Å²) in [5, 5.41) is 20.4. The minimum atomic E-state index is -0.720. The van der Waals surface area contributed by atoms with Crippen molar-refractivity contribution < 1.29 is 14.5 Å². The van der Waals surface area contributed by atoms with Gasteiger partial charge in [-0.05, 0) is 42.6 Å². The van der Waals surface area contributed by atoms with E-state index in [2.05, 4.69) is 15.5 Å². The molecule has 0 aliphatic carbocycles. The Morgan fingerprint density at radius 2 is 1.97 bits per heavy atom. The fourth-order valence-corrected chi connectivity index (χ4v) is 3.13. The number of aromatic amines is 1. The summed E-state index contributed by atoms with van der Waals surface area (Å²) in [6.45, 7) is 0. The molecule has 10 nitrogen and oxygen atoms in total. The zero-order valence-corrected chi connectivity index (χ0v) is 17.3. The number of anilines is 1. The maximum Gasteiger partial charge on any atom is 0.314 e. The van der Waals surface area contributed by atoms with Crippen LogP contribution in [0, 0.1) is 10.1 Å². The van der Waals surface area contributed by atoms with E-state index in [-0.39, 0.29) is 27.6 Å². The van der Waals surface area contributed by atoms with Crippen molar-refractivity contribution >= 4 is 57.7 Å². The number of nitro groups is 1. The molecular weight excluding hydrogens is 432 g/mol. The van der Waals surface area contributed by atoms with Crippen LogP contribution in [0.5, 0.6) is 0 Å². The van der Waals surface area contributed by atoms with Crippen molar-refractivity contribution in [3.8, 4) is 0 Å². The molecule has 0 bridgehead atoms. The van der Waals surface area contributed by atoms with Crippen molar-refractivity contribution in [2.24, 2.45) is 0 Å². The van der Waals surface area contributed by atoms with Gasteiger partial charge in [0.1, 0.15) is 17.5 Å². The number of allylic oxidation sites excluding steroid dienone is 2. The van der Waals surface area contributed by atoms with Gasteiger partial charge < -0.3 is 4.90 Å². The van der Waals surface area contributed by atoms with Gasteiger partial charge in [0.25, 0.3) is 11.8 Å². The number of halogens is 1. The van der Waals surface area contributed by atoms with Crippen molar-refractivity contribution in [1.29, 1.82) is 0 Å². The van der Waals surface area contributed by atoms with Gasteiger partial charge in [-0.15, -0.1) is 0 Å². The third-order valence-electron chi connectivity index (χ3n) is 3.99. The van der Waals surface area contributed by atoms with Crippen LogP contribution in [-0.4, -0.2) is 51.0 Å². The summed E-state index contributed by atoms with van der Waals surface area (Å²) >= 11 is 11.0. The van der Waals surface area contributed by atoms with E-state index < -0.39 is 16.7 Å². The van der Waals surface area contributed by atoms with Crippen LogP contribution in [0.15, 0.2) is 48.3 Å². The molecule has 1 aliphatic heterocycles. The average Bonchev–Trinajstić information content (AvgIpc) is 3.15. The summed E-state index contributed by atoms with van der Waals surface area (Å²) in [5.41, 5.74) is 0.120. The third-order valence-corrected chi connectivity index (χ3v) is 4.52. The van der Waals surface area contributed by atoms with Crippen molar-refractivity contribution in [3.63, 3.8) is 0 Å². The SMILES string of the molecule is CN(C)C=C(C=C1C(=O)NC(=S)N(c2ccc(Cl)cc2)C1=O)c1[nH]ncc1[N+](=O)[O-]. The zero-order chi connectivity index (χ0) is 22.0. The van der Waals surface area contributed by atoms with Gasteiger partial charge in [0, 0.05) is 30.9 Å². The number of nitrogens with one attached hydrogen (secondary N) is 2. The van der Waals surface area contributed by atoms with Crippen LogP contribution in [0.3, 0.4) is 0 Å². The van der Waals surface area contributed by atoms with Crippen molar-refractivity contribution in [1.82, 2.24) is 20.4 Å². The summed E-state index contributed by atoms with van der Waals surface area (Å²) in [5.74, 6) is -1.40. The summed E-state index contributed by atoms with van der Waals surface area (Å²) < 4.78 is 0. The lowest BCUT2D eigenvalue weighted by Crippen LogP contribution is -2.54. The van der Waals surface area contributed by atoms with E-state index in [9.17, 15) is 19.7 Å². The van der Waals surface area contributed by atoms with Gasteiger partial charge in [0.15, 0.2) is 5.11 Å². The normalized spacial score (nSPS) is 16.1. The molecule has 0 radical (unpaired) electrons. The first kappa shape index (κ1) is 21.1. The molecule has 0 spiro atoms. The lowest BCUT2D eigenvalue weighted by atomic mass is 10.0. The Balaban J connectivity index is 2.09. The Bertz CT molecular complexity index is 1110. The van der Waals surface area contributed by atoms with Crippen LogP contribution in [0.25, 0.3) is 5.57 Å². The number of benzene rings is 1. The van der Waals surface area contributed by atoms with E-state index in [4.69, 9.17) is 23.8 Å². The van der Waals surface area contributed by atoms with Gasteiger partial charge in [-0.1, -0.05) is 11.6 Å². The summed E-state index contributed by atoms with van der Waals surface area (Å²) in [6.07, 6.45) is 3.83. The van der Waals surface area contributed by atoms with Gasteiger partial charge in [0.05, 0.1) is 10.6 Å². The quantitative estimate of drug-likeness (QED) is 0.237. The van der Waals surface area contributed by atoms with Crippen LogP contribution in [0.1, 0.15) is 5.69 Å². The standard InChI is InChI=1S/C18H15ClN6O4S/c1-23(2)9-10(15-14(25(28)29)8-20-22-15)7-13-16(26)21-18(30)24(17(13)27)12-5-3-11(19)4-6-12/h3-9H,1-2H3,(H,20,22)(H,21,26,30). The molecule has 1 aliphatic rings. The molecule has 1 aromatic heterocycles. The van der Waals surface area contributed by atoms with E-state index in [1.807, 2.05) is 0 Å². The Labute approximate surface area is 180 Å². The maximum absolute atomic E-state index is 13.1. The second kappa shape index (κ2) is 8.43. The number of nitrogens with zero attached hydrogens (tertiary/aromatic N) is 4. The van der Waals surface area contributed by atoms with Gasteiger partial charge >= 0.3 is 5.69 Å². The maximum atomic E-state index is 13.1. The number of carbonyl (C=O) groups excluding carboxylic acids is 2. The van der Waals surface area contributed by atoms with Gasteiger partial charge in [0.2, 0.25) is 0 Å². The largest absolute Gasteiger partial charge is 0.383 e.